The third kappa shape index (κ3) is 1.67. The maximum absolute atomic E-state index is 5.70. The van der Waals surface area contributed by atoms with Crippen molar-refractivity contribution in [1.29, 1.82) is 0 Å². The summed E-state index contributed by atoms with van der Waals surface area (Å²) in [4.78, 5) is 9.97. The van der Waals surface area contributed by atoms with Gasteiger partial charge in [0.25, 0.3) is 0 Å². The van der Waals surface area contributed by atoms with Gasteiger partial charge in [-0.05, 0) is 32.0 Å². The van der Waals surface area contributed by atoms with E-state index >= 15 is 0 Å². The Labute approximate surface area is 92.3 Å². The Balaban J connectivity index is 1.85. The maximum Gasteiger partial charge on any atom is 0.141 e. The zero-order valence-electron chi connectivity index (χ0n) is 8.32. The van der Waals surface area contributed by atoms with E-state index in [-0.39, 0.29) is 5.60 Å². The van der Waals surface area contributed by atoms with E-state index < -0.39 is 0 Å². The first kappa shape index (κ1) is 9.33. The smallest absolute Gasteiger partial charge is 0.141 e. The van der Waals surface area contributed by atoms with Crippen molar-refractivity contribution < 1.29 is 4.84 Å². The Hall–Kier alpha value is -0.910. The molecule has 3 heterocycles. The third-order valence-electron chi connectivity index (χ3n) is 2.88. The lowest BCUT2D eigenvalue weighted by Crippen LogP contribution is -2.41. The number of hydroxylamine groups is 1. The normalized spacial score (nSPS) is 23.9. The van der Waals surface area contributed by atoms with Crippen LogP contribution in [0.1, 0.15) is 17.8 Å². The van der Waals surface area contributed by atoms with Gasteiger partial charge in [-0.3, -0.25) is 10.3 Å². The van der Waals surface area contributed by atoms with Crippen LogP contribution < -0.4 is 10.8 Å². The van der Waals surface area contributed by atoms with Crippen LogP contribution in [0.25, 0.3) is 5.70 Å². The van der Waals surface area contributed by atoms with Crippen LogP contribution in [0.3, 0.4) is 0 Å². The molecule has 1 fully saturated rings. The second-order valence-electron chi connectivity index (χ2n) is 3.91. The van der Waals surface area contributed by atoms with E-state index in [0.29, 0.717) is 0 Å². The molecule has 0 radical (unpaired) electrons. The van der Waals surface area contributed by atoms with Gasteiger partial charge in [0.2, 0.25) is 0 Å². The number of hydrogen-bond donors (Lipinski definition) is 2. The Morgan fingerprint density at radius 3 is 3.00 bits per heavy atom. The molecule has 2 aliphatic heterocycles. The minimum absolute atomic E-state index is 0.105. The Morgan fingerprint density at radius 1 is 1.40 bits per heavy atom. The van der Waals surface area contributed by atoms with Crippen LogP contribution in [0.15, 0.2) is 17.7 Å². The Kier molecular flexibility index (Phi) is 2.23. The van der Waals surface area contributed by atoms with Crippen molar-refractivity contribution in [1.82, 2.24) is 15.8 Å². The molecule has 15 heavy (non-hydrogen) atoms. The van der Waals surface area contributed by atoms with E-state index in [4.69, 9.17) is 4.84 Å². The highest BCUT2D eigenvalue weighted by Crippen LogP contribution is 2.33. The van der Waals surface area contributed by atoms with Gasteiger partial charge in [-0.25, -0.2) is 4.98 Å². The highest BCUT2D eigenvalue weighted by Gasteiger charge is 2.37. The summed E-state index contributed by atoms with van der Waals surface area (Å²) >= 11 is 1.63. The second-order valence-corrected chi connectivity index (χ2v) is 4.81. The van der Waals surface area contributed by atoms with Crippen molar-refractivity contribution >= 4 is 17.0 Å². The molecular weight excluding hydrogens is 210 g/mol. The van der Waals surface area contributed by atoms with Gasteiger partial charge in [-0.2, -0.15) is 0 Å². The van der Waals surface area contributed by atoms with Crippen molar-refractivity contribution in [3.05, 3.63) is 22.7 Å². The van der Waals surface area contributed by atoms with Crippen LogP contribution in [0.2, 0.25) is 0 Å². The lowest BCUT2D eigenvalue weighted by molar-refractivity contribution is -0.0515. The van der Waals surface area contributed by atoms with E-state index in [1.54, 1.807) is 11.3 Å². The molecule has 2 aliphatic rings. The summed E-state index contributed by atoms with van der Waals surface area (Å²) in [5.74, 6) is 0. The lowest BCUT2D eigenvalue weighted by Gasteiger charge is -2.29. The lowest BCUT2D eigenvalue weighted by atomic mass is 9.92. The van der Waals surface area contributed by atoms with E-state index in [0.717, 1.165) is 36.6 Å². The first-order chi connectivity index (χ1) is 7.38. The predicted octanol–water partition coefficient (Wildman–Crippen LogP) is 1.14. The Morgan fingerprint density at radius 2 is 2.27 bits per heavy atom. The van der Waals surface area contributed by atoms with Crippen LogP contribution >= 0.6 is 11.3 Å². The topological polar surface area (TPSA) is 46.2 Å². The van der Waals surface area contributed by atoms with Gasteiger partial charge in [0.15, 0.2) is 0 Å². The van der Waals surface area contributed by atoms with Crippen LogP contribution in [0, 0.1) is 0 Å². The Bertz CT molecular complexity index is 368. The molecule has 1 spiro atoms. The second kappa shape index (κ2) is 3.59. The molecule has 3 rings (SSSR count). The molecule has 5 heteroatoms. The molecule has 80 valence electrons. The summed E-state index contributed by atoms with van der Waals surface area (Å²) in [7, 11) is 0. The number of nitrogens with one attached hydrogen (secondary N) is 2. The summed E-state index contributed by atoms with van der Waals surface area (Å²) in [6.45, 7) is 2.03. The van der Waals surface area contributed by atoms with Gasteiger partial charge < -0.3 is 5.32 Å². The summed E-state index contributed by atoms with van der Waals surface area (Å²) < 4.78 is 0. The van der Waals surface area contributed by atoms with Crippen molar-refractivity contribution in [2.24, 2.45) is 0 Å². The molecule has 0 atom stereocenters. The molecule has 0 amide bonds. The monoisotopic (exact) mass is 223 g/mol. The van der Waals surface area contributed by atoms with E-state index in [9.17, 15) is 0 Å². The SMILES string of the molecule is C1=C(c2nccs2)NOC12CCNCC2. The van der Waals surface area contributed by atoms with Gasteiger partial charge in [-0.15, -0.1) is 11.3 Å². The number of aromatic nitrogens is 1. The van der Waals surface area contributed by atoms with Gasteiger partial charge >= 0.3 is 0 Å². The molecular formula is C10H13N3OS. The van der Waals surface area contributed by atoms with Crippen LogP contribution in [-0.4, -0.2) is 23.7 Å². The van der Waals surface area contributed by atoms with Gasteiger partial charge in [0.1, 0.15) is 10.6 Å². The minimum Gasteiger partial charge on any atom is -0.316 e. The average molecular weight is 223 g/mol. The largest absolute Gasteiger partial charge is 0.316 e. The van der Waals surface area contributed by atoms with E-state index in [2.05, 4.69) is 21.9 Å². The standard InChI is InChI=1S/C10H13N3OS/c1-3-11-4-2-10(1)7-8(13-14-10)9-12-5-6-15-9/h5-7,11,13H,1-4H2. The molecule has 1 aromatic rings. The zero-order valence-corrected chi connectivity index (χ0v) is 9.14. The quantitative estimate of drug-likeness (QED) is 0.749. The molecule has 0 saturated carbocycles. The molecule has 2 N–H and O–H groups in total. The van der Waals surface area contributed by atoms with Crippen molar-refractivity contribution in [3.8, 4) is 0 Å². The fraction of sp³-hybridized carbons (Fsp3) is 0.500. The third-order valence-corrected chi connectivity index (χ3v) is 3.69. The zero-order chi connectivity index (χ0) is 10.1. The van der Waals surface area contributed by atoms with E-state index in [1.165, 1.54) is 0 Å². The van der Waals surface area contributed by atoms with E-state index in [1.807, 2.05) is 11.6 Å². The summed E-state index contributed by atoms with van der Waals surface area (Å²) in [5, 5.41) is 6.32. The number of hydrogen-bond acceptors (Lipinski definition) is 5. The van der Waals surface area contributed by atoms with Crippen LogP contribution in [-0.2, 0) is 4.84 Å². The first-order valence-electron chi connectivity index (χ1n) is 5.15. The molecule has 1 saturated heterocycles. The molecule has 0 aliphatic carbocycles. The van der Waals surface area contributed by atoms with Gasteiger partial charge in [0.05, 0.1) is 5.70 Å². The number of thiazole rings is 1. The minimum atomic E-state index is -0.105. The van der Waals surface area contributed by atoms with Gasteiger partial charge in [-0.1, -0.05) is 0 Å². The summed E-state index contributed by atoms with van der Waals surface area (Å²) in [5.41, 5.74) is 3.92. The summed E-state index contributed by atoms with van der Waals surface area (Å²) in [6, 6.07) is 0. The van der Waals surface area contributed by atoms with Crippen molar-refractivity contribution in [2.75, 3.05) is 13.1 Å². The predicted molar refractivity (Wildman–Crippen MR) is 59.1 cm³/mol. The molecule has 0 bridgehead atoms. The van der Waals surface area contributed by atoms with Crippen LogP contribution in [0.5, 0.6) is 0 Å². The number of piperidine rings is 1. The average Bonchev–Trinajstić information content (AvgIpc) is 2.88. The van der Waals surface area contributed by atoms with Crippen molar-refractivity contribution in [2.45, 2.75) is 18.4 Å². The maximum atomic E-state index is 5.70. The highest BCUT2D eigenvalue weighted by molar-refractivity contribution is 7.10. The summed E-state index contributed by atoms with van der Waals surface area (Å²) in [6.07, 6.45) is 6.05. The van der Waals surface area contributed by atoms with Gasteiger partial charge in [0, 0.05) is 11.6 Å². The fourth-order valence-corrected chi connectivity index (χ4v) is 2.64. The highest BCUT2D eigenvalue weighted by atomic mass is 32.1. The fourth-order valence-electron chi connectivity index (χ4n) is 2.04. The molecule has 1 aromatic heterocycles. The molecule has 0 unspecified atom stereocenters. The number of rotatable bonds is 1. The van der Waals surface area contributed by atoms with Crippen LogP contribution in [0.4, 0.5) is 0 Å². The number of nitrogens with zero attached hydrogens (tertiary/aromatic N) is 1. The molecule has 4 nitrogen and oxygen atoms in total. The van der Waals surface area contributed by atoms with Crippen molar-refractivity contribution in [3.63, 3.8) is 0 Å². The molecule has 0 aromatic carbocycles. The first-order valence-corrected chi connectivity index (χ1v) is 6.03.